The monoisotopic (exact) mass is 511 g/mol. The maximum absolute atomic E-state index is 13.6. The van der Waals surface area contributed by atoms with Crippen LogP contribution >= 0.6 is 0 Å². The number of amides is 1. The third kappa shape index (κ3) is 5.45. The summed E-state index contributed by atoms with van der Waals surface area (Å²) in [6.07, 6.45) is 5.46. The van der Waals surface area contributed by atoms with Crippen LogP contribution in [0.2, 0.25) is 0 Å². The first-order valence-electron chi connectivity index (χ1n) is 12.9. The number of ether oxygens (including phenoxy) is 1. The smallest absolute Gasteiger partial charge is 0.381 e. The number of rotatable bonds is 6. The number of fused-ring (bicyclic) bond motifs is 3. The number of hydrogen-bond acceptors (Lipinski definition) is 4. The van der Waals surface area contributed by atoms with E-state index in [9.17, 15) is 18.0 Å². The normalized spacial score (nSPS) is 26.6. The van der Waals surface area contributed by atoms with Crippen molar-refractivity contribution >= 4 is 11.6 Å². The van der Waals surface area contributed by atoms with Gasteiger partial charge in [-0.3, -0.25) is 4.79 Å². The Morgan fingerprint density at radius 2 is 1.92 bits per heavy atom. The number of anilines is 1. The first kappa shape index (κ1) is 25.5. The molecular weight excluding hydrogens is 479 g/mol. The predicted molar refractivity (Wildman–Crippen MR) is 137 cm³/mol. The summed E-state index contributed by atoms with van der Waals surface area (Å²) < 4.78 is 47.4. The van der Waals surface area contributed by atoms with Gasteiger partial charge in [0.25, 0.3) is 5.91 Å². The number of carbonyl (C=O) groups is 1. The lowest BCUT2D eigenvalue weighted by Gasteiger charge is -2.48. The van der Waals surface area contributed by atoms with E-state index in [0.29, 0.717) is 42.9 Å². The Morgan fingerprint density at radius 1 is 1.11 bits per heavy atom. The molecule has 5 atom stereocenters. The quantitative estimate of drug-likeness (QED) is 0.532. The number of halogens is 3. The second-order valence-corrected chi connectivity index (χ2v) is 10.0. The van der Waals surface area contributed by atoms with E-state index in [1.54, 1.807) is 17.0 Å². The van der Waals surface area contributed by atoms with E-state index in [1.165, 1.54) is 12.1 Å². The van der Waals surface area contributed by atoms with Crippen molar-refractivity contribution in [2.75, 3.05) is 25.0 Å². The molecule has 3 N–H and O–H groups in total. The Kier molecular flexibility index (Phi) is 7.40. The molecule has 8 heteroatoms. The SMILES string of the molecule is NCCN(C[C@H]1CC[C@@H]2[C@H](O1)c1cc(C(F)(F)F)ccc1N[C@H]2C1C=CC=CC1)C(=O)c1ccccc1. The van der Waals surface area contributed by atoms with Gasteiger partial charge >= 0.3 is 6.18 Å². The molecule has 1 aliphatic carbocycles. The van der Waals surface area contributed by atoms with Gasteiger partial charge in [-0.1, -0.05) is 42.5 Å². The van der Waals surface area contributed by atoms with Crippen molar-refractivity contribution in [3.8, 4) is 0 Å². The van der Waals surface area contributed by atoms with Gasteiger partial charge in [-0.15, -0.1) is 0 Å². The summed E-state index contributed by atoms with van der Waals surface area (Å²) in [5.41, 5.74) is 6.93. The molecule has 37 heavy (non-hydrogen) atoms. The molecule has 196 valence electrons. The van der Waals surface area contributed by atoms with Gasteiger partial charge in [0.15, 0.2) is 0 Å². The zero-order valence-corrected chi connectivity index (χ0v) is 20.5. The van der Waals surface area contributed by atoms with Gasteiger partial charge in [-0.2, -0.15) is 13.2 Å². The summed E-state index contributed by atoms with van der Waals surface area (Å²) in [6.45, 7) is 1.02. The van der Waals surface area contributed by atoms with Crippen LogP contribution < -0.4 is 11.1 Å². The highest BCUT2D eigenvalue weighted by Crippen LogP contribution is 2.49. The fourth-order valence-corrected chi connectivity index (χ4v) is 5.84. The molecule has 3 aliphatic rings. The van der Waals surface area contributed by atoms with Gasteiger partial charge in [0.05, 0.1) is 17.8 Å². The predicted octanol–water partition coefficient (Wildman–Crippen LogP) is 5.57. The topological polar surface area (TPSA) is 67.6 Å². The Hall–Kier alpha value is -3.10. The molecule has 1 fully saturated rings. The van der Waals surface area contributed by atoms with Crippen molar-refractivity contribution in [2.45, 2.75) is 43.7 Å². The molecule has 1 saturated heterocycles. The van der Waals surface area contributed by atoms with Gasteiger partial charge in [-0.25, -0.2) is 0 Å². The second-order valence-electron chi connectivity index (χ2n) is 10.0. The lowest BCUT2D eigenvalue weighted by molar-refractivity contribution is -0.138. The van der Waals surface area contributed by atoms with E-state index >= 15 is 0 Å². The summed E-state index contributed by atoms with van der Waals surface area (Å²) in [5, 5.41) is 3.55. The number of benzene rings is 2. The van der Waals surface area contributed by atoms with Crippen molar-refractivity contribution in [2.24, 2.45) is 17.6 Å². The van der Waals surface area contributed by atoms with Crippen LogP contribution in [0.15, 0.2) is 72.8 Å². The molecule has 5 nitrogen and oxygen atoms in total. The molecule has 2 aliphatic heterocycles. The van der Waals surface area contributed by atoms with E-state index in [2.05, 4.69) is 17.5 Å². The fraction of sp³-hybridized carbons (Fsp3) is 0.414. The molecule has 0 spiro atoms. The van der Waals surface area contributed by atoms with Gasteiger partial charge in [0.2, 0.25) is 0 Å². The minimum atomic E-state index is -4.44. The van der Waals surface area contributed by atoms with E-state index in [1.807, 2.05) is 30.4 Å². The molecule has 2 heterocycles. The molecule has 0 aromatic heterocycles. The number of allylic oxidation sites excluding steroid dienone is 3. The number of hydrogen-bond donors (Lipinski definition) is 2. The highest BCUT2D eigenvalue weighted by Gasteiger charge is 2.45. The summed E-state index contributed by atoms with van der Waals surface area (Å²) in [7, 11) is 0. The molecular formula is C29H32F3N3O2. The molecule has 1 unspecified atom stereocenters. The standard InChI is InChI=1S/C29H32F3N3O2/c30-29(31,32)21-11-14-25-24(17-21)27-23(26(34-25)19-7-3-1-4-8-19)13-12-22(37-27)18-35(16-15-33)28(36)20-9-5-2-6-10-20/h1-7,9-11,14,17,19,22-23,26-27,34H,8,12-13,15-16,18,33H2/t19?,22-,23+,26+,27+/m1/s1. The summed E-state index contributed by atoms with van der Waals surface area (Å²) in [4.78, 5) is 14.9. The summed E-state index contributed by atoms with van der Waals surface area (Å²) >= 11 is 0. The Balaban J connectivity index is 1.42. The Bertz CT molecular complexity index is 1160. The van der Waals surface area contributed by atoms with Crippen molar-refractivity contribution in [1.29, 1.82) is 0 Å². The summed E-state index contributed by atoms with van der Waals surface area (Å²) in [5.74, 6) is 0.113. The summed E-state index contributed by atoms with van der Waals surface area (Å²) in [6, 6.07) is 12.9. The number of nitrogens with zero attached hydrogens (tertiary/aromatic N) is 1. The molecule has 2 aromatic rings. The average molecular weight is 512 g/mol. The van der Waals surface area contributed by atoms with Crippen LogP contribution in [-0.2, 0) is 10.9 Å². The van der Waals surface area contributed by atoms with E-state index < -0.39 is 17.8 Å². The molecule has 0 bridgehead atoms. The molecule has 2 aromatic carbocycles. The lowest BCUT2D eigenvalue weighted by atomic mass is 9.73. The van der Waals surface area contributed by atoms with Crippen LogP contribution in [-0.4, -0.2) is 42.6 Å². The first-order chi connectivity index (χ1) is 17.8. The molecule has 0 radical (unpaired) electrons. The highest BCUT2D eigenvalue weighted by atomic mass is 19.4. The van der Waals surface area contributed by atoms with Gasteiger partial charge in [0.1, 0.15) is 0 Å². The highest BCUT2D eigenvalue weighted by molar-refractivity contribution is 5.94. The van der Waals surface area contributed by atoms with E-state index in [0.717, 1.165) is 18.9 Å². The maximum Gasteiger partial charge on any atom is 0.416 e. The lowest BCUT2D eigenvalue weighted by Crippen LogP contribution is -2.49. The fourth-order valence-electron chi connectivity index (χ4n) is 5.84. The Labute approximate surface area is 215 Å². The molecule has 5 rings (SSSR count). The minimum Gasteiger partial charge on any atom is -0.381 e. The van der Waals surface area contributed by atoms with Crippen LogP contribution in [0.3, 0.4) is 0 Å². The Morgan fingerprint density at radius 3 is 2.62 bits per heavy atom. The average Bonchev–Trinajstić information content (AvgIpc) is 2.92. The third-order valence-electron chi connectivity index (χ3n) is 7.62. The van der Waals surface area contributed by atoms with Crippen LogP contribution in [0.25, 0.3) is 0 Å². The van der Waals surface area contributed by atoms with Gasteiger partial charge < -0.3 is 20.7 Å². The number of nitrogens with one attached hydrogen (secondary N) is 1. The number of alkyl halides is 3. The zero-order chi connectivity index (χ0) is 26.0. The third-order valence-corrected chi connectivity index (χ3v) is 7.62. The maximum atomic E-state index is 13.6. The van der Waals surface area contributed by atoms with E-state index in [-0.39, 0.29) is 29.9 Å². The van der Waals surface area contributed by atoms with Crippen LogP contribution in [0.5, 0.6) is 0 Å². The second kappa shape index (κ2) is 10.7. The number of nitrogens with two attached hydrogens (primary N) is 1. The van der Waals surface area contributed by atoms with Crippen LogP contribution in [0.1, 0.15) is 46.9 Å². The largest absolute Gasteiger partial charge is 0.416 e. The van der Waals surface area contributed by atoms with Crippen molar-refractivity contribution in [3.63, 3.8) is 0 Å². The van der Waals surface area contributed by atoms with Crippen LogP contribution in [0, 0.1) is 11.8 Å². The van der Waals surface area contributed by atoms with Crippen molar-refractivity contribution in [1.82, 2.24) is 4.90 Å². The van der Waals surface area contributed by atoms with Crippen molar-refractivity contribution in [3.05, 3.63) is 89.5 Å². The van der Waals surface area contributed by atoms with E-state index in [4.69, 9.17) is 10.5 Å². The number of carbonyl (C=O) groups excluding carboxylic acids is 1. The molecule has 0 saturated carbocycles. The van der Waals surface area contributed by atoms with Gasteiger partial charge in [0, 0.05) is 54.3 Å². The minimum absolute atomic E-state index is 0.0150. The molecule has 1 amide bonds. The van der Waals surface area contributed by atoms with Gasteiger partial charge in [-0.05, 0) is 49.6 Å². The van der Waals surface area contributed by atoms with Crippen molar-refractivity contribution < 1.29 is 22.7 Å². The zero-order valence-electron chi connectivity index (χ0n) is 20.5. The first-order valence-corrected chi connectivity index (χ1v) is 12.9. The van der Waals surface area contributed by atoms with Crippen LogP contribution in [0.4, 0.5) is 18.9 Å².